The lowest BCUT2D eigenvalue weighted by atomic mass is 10.1. The van der Waals surface area contributed by atoms with E-state index >= 15 is 0 Å². The number of aromatic amines is 1. The maximum absolute atomic E-state index is 13.1. The topological polar surface area (TPSA) is 63.8 Å². The number of hydrogen-bond acceptors (Lipinski definition) is 2. The number of halogens is 2. The van der Waals surface area contributed by atoms with Crippen molar-refractivity contribution in [3.05, 3.63) is 51.3 Å². The first-order valence-electron chi connectivity index (χ1n) is 5.43. The molecule has 2 aromatic rings. The van der Waals surface area contributed by atoms with Crippen LogP contribution in [0.5, 0.6) is 0 Å². The number of anilines is 1. The number of nitrogen functional groups attached to an aromatic ring is 1. The van der Waals surface area contributed by atoms with Crippen molar-refractivity contribution in [2.24, 2.45) is 0 Å². The molecule has 0 aliphatic rings. The highest BCUT2D eigenvalue weighted by Crippen LogP contribution is 2.19. The summed E-state index contributed by atoms with van der Waals surface area (Å²) in [5, 5.41) is 2.71. The highest BCUT2D eigenvalue weighted by molar-refractivity contribution is 5.36. The molecule has 1 atom stereocenters. The molecule has 2 rings (SSSR count). The molecule has 4 nitrogen and oxygen atoms in total. The molecular formula is C12H13F2N3O. The Morgan fingerprint density at radius 3 is 2.50 bits per heavy atom. The summed E-state index contributed by atoms with van der Waals surface area (Å²) in [6.45, 7) is 3.30. The third-order valence-corrected chi connectivity index (χ3v) is 3.00. The summed E-state index contributed by atoms with van der Waals surface area (Å²) in [6.07, 6.45) is 0. The Morgan fingerprint density at radius 2 is 2.00 bits per heavy atom. The first kappa shape index (κ1) is 12.3. The molecule has 0 spiro atoms. The second-order valence-corrected chi connectivity index (χ2v) is 4.18. The van der Waals surface area contributed by atoms with Crippen molar-refractivity contribution < 1.29 is 8.78 Å². The largest absolute Gasteiger partial charge is 0.384 e. The van der Waals surface area contributed by atoms with Gasteiger partial charge in [0, 0.05) is 0 Å². The van der Waals surface area contributed by atoms with Crippen LogP contribution in [-0.4, -0.2) is 9.78 Å². The second kappa shape index (κ2) is 4.29. The van der Waals surface area contributed by atoms with E-state index in [1.165, 1.54) is 10.7 Å². The van der Waals surface area contributed by atoms with E-state index in [0.717, 1.165) is 12.1 Å². The molecule has 1 heterocycles. The van der Waals surface area contributed by atoms with E-state index in [1.807, 2.05) is 0 Å². The van der Waals surface area contributed by atoms with E-state index in [4.69, 9.17) is 5.73 Å². The quantitative estimate of drug-likeness (QED) is 0.859. The molecule has 1 aromatic carbocycles. The summed E-state index contributed by atoms with van der Waals surface area (Å²) in [4.78, 5) is 11.8. The summed E-state index contributed by atoms with van der Waals surface area (Å²) in [5.74, 6) is -1.58. The summed E-state index contributed by atoms with van der Waals surface area (Å²) < 4.78 is 27.3. The molecule has 96 valence electrons. The molecule has 18 heavy (non-hydrogen) atoms. The van der Waals surface area contributed by atoms with Crippen LogP contribution in [0.2, 0.25) is 0 Å². The zero-order valence-electron chi connectivity index (χ0n) is 10.00. The minimum absolute atomic E-state index is 0.273. The standard InChI is InChI=1S/C12H13F2N3O/c1-6-11(15)16-17(12(6)18)7(2)8-3-4-9(13)10(14)5-8/h3-5,7,16H,15H2,1-2H3. The van der Waals surface area contributed by atoms with Gasteiger partial charge in [-0.25, -0.2) is 13.5 Å². The van der Waals surface area contributed by atoms with Crippen LogP contribution in [0.25, 0.3) is 0 Å². The smallest absolute Gasteiger partial charge is 0.272 e. The van der Waals surface area contributed by atoms with Gasteiger partial charge in [0.1, 0.15) is 5.82 Å². The lowest BCUT2D eigenvalue weighted by Crippen LogP contribution is -2.22. The normalized spacial score (nSPS) is 12.7. The molecule has 0 fully saturated rings. The van der Waals surface area contributed by atoms with Crippen LogP contribution in [0.4, 0.5) is 14.6 Å². The Balaban J connectivity index is 2.47. The van der Waals surface area contributed by atoms with Gasteiger partial charge in [0.05, 0.1) is 11.6 Å². The highest BCUT2D eigenvalue weighted by atomic mass is 19.2. The van der Waals surface area contributed by atoms with Crippen LogP contribution >= 0.6 is 0 Å². The van der Waals surface area contributed by atoms with E-state index in [-0.39, 0.29) is 11.4 Å². The summed E-state index contributed by atoms with van der Waals surface area (Å²) in [5.41, 5.74) is 6.22. The second-order valence-electron chi connectivity index (χ2n) is 4.18. The SMILES string of the molecule is Cc1c(N)[nH]n(C(C)c2ccc(F)c(F)c2)c1=O. The van der Waals surface area contributed by atoms with E-state index in [0.29, 0.717) is 11.1 Å². The minimum atomic E-state index is -0.941. The molecule has 1 unspecified atom stereocenters. The molecule has 0 aliphatic carbocycles. The molecule has 6 heteroatoms. The Hall–Kier alpha value is -2.11. The van der Waals surface area contributed by atoms with Gasteiger partial charge in [0.25, 0.3) is 5.56 Å². The number of nitrogens with zero attached hydrogens (tertiary/aromatic N) is 1. The van der Waals surface area contributed by atoms with Crippen molar-refractivity contribution in [2.45, 2.75) is 19.9 Å². The van der Waals surface area contributed by atoms with Crippen molar-refractivity contribution >= 4 is 5.82 Å². The van der Waals surface area contributed by atoms with E-state index in [2.05, 4.69) is 5.10 Å². The highest BCUT2D eigenvalue weighted by Gasteiger charge is 2.16. The molecule has 0 radical (unpaired) electrons. The van der Waals surface area contributed by atoms with Gasteiger partial charge in [-0.05, 0) is 31.5 Å². The van der Waals surface area contributed by atoms with E-state index in [1.54, 1.807) is 13.8 Å². The molecule has 0 saturated heterocycles. The van der Waals surface area contributed by atoms with Gasteiger partial charge >= 0.3 is 0 Å². The summed E-state index contributed by atoms with van der Waals surface area (Å²) in [7, 11) is 0. The van der Waals surface area contributed by atoms with Gasteiger partial charge in [-0.15, -0.1) is 0 Å². The monoisotopic (exact) mass is 253 g/mol. The van der Waals surface area contributed by atoms with E-state index < -0.39 is 17.7 Å². The maximum atomic E-state index is 13.1. The molecule has 1 aromatic heterocycles. The lowest BCUT2D eigenvalue weighted by molar-refractivity contribution is 0.497. The van der Waals surface area contributed by atoms with Gasteiger partial charge in [-0.1, -0.05) is 6.07 Å². The van der Waals surface area contributed by atoms with Crippen LogP contribution in [0.15, 0.2) is 23.0 Å². The molecule has 0 saturated carbocycles. The number of nitrogens with one attached hydrogen (secondary N) is 1. The average molecular weight is 253 g/mol. The van der Waals surface area contributed by atoms with Gasteiger partial charge in [0.2, 0.25) is 0 Å². The third kappa shape index (κ3) is 1.90. The van der Waals surface area contributed by atoms with Crippen molar-refractivity contribution in [3.63, 3.8) is 0 Å². The summed E-state index contributed by atoms with van der Waals surface area (Å²) >= 11 is 0. The Kier molecular flexibility index (Phi) is 2.94. The van der Waals surface area contributed by atoms with Crippen molar-refractivity contribution in [3.8, 4) is 0 Å². The number of benzene rings is 1. The Bertz CT molecular complexity index is 645. The van der Waals surface area contributed by atoms with Crippen LogP contribution < -0.4 is 11.3 Å². The Labute approximate surface area is 102 Å². The minimum Gasteiger partial charge on any atom is -0.384 e. The zero-order chi connectivity index (χ0) is 13.4. The predicted molar refractivity (Wildman–Crippen MR) is 64.4 cm³/mol. The zero-order valence-corrected chi connectivity index (χ0v) is 10.00. The lowest BCUT2D eigenvalue weighted by Gasteiger charge is -2.13. The molecular weight excluding hydrogens is 240 g/mol. The number of hydrogen-bond donors (Lipinski definition) is 2. The van der Waals surface area contributed by atoms with Gasteiger partial charge < -0.3 is 5.73 Å². The molecule has 3 N–H and O–H groups in total. The molecule has 0 aliphatic heterocycles. The van der Waals surface area contributed by atoms with Crippen molar-refractivity contribution in [1.82, 2.24) is 9.78 Å². The van der Waals surface area contributed by atoms with Gasteiger partial charge in [-0.3, -0.25) is 9.89 Å². The summed E-state index contributed by atoms with van der Waals surface area (Å²) in [6, 6.07) is 3.08. The number of rotatable bonds is 2. The van der Waals surface area contributed by atoms with Crippen molar-refractivity contribution in [2.75, 3.05) is 5.73 Å². The van der Waals surface area contributed by atoms with Gasteiger partial charge in [0.15, 0.2) is 11.6 Å². The van der Waals surface area contributed by atoms with Gasteiger partial charge in [-0.2, -0.15) is 0 Å². The first-order valence-corrected chi connectivity index (χ1v) is 5.43. The number of H-pyrrole nitrogens is 1. The molecule has 0 bridgehead atoms. The maximum Gasteiger partial charge on any atom is 0.272 e. The Morgan fingerprint density at radius 1 is 1.33 bits per heavy atom. The fraction of sp³-hybridized carbons (Fsp3) is 0.250. The van der Waals surface area contributed by atoms with Crippen molar-refractivity contribution in [1.29, 1.82) is 0 Å². The first-order chi connectivity index (χ1) is 8.41. The molecule has 0 amide bonds. The fourth-order valence-electron chi connectivity index (χ4n) is 1.75. The third-order valence-electron chi connectivity index (χ3n) is 3.00. The van der Waals surface area contributed by atoms with Crippen LogP contribution in [0, 0.1) is 18.6 Å². The van der Waals surface area contributed by atoms with Crippen LogP contribution in [0.3, 0.4) is 0 Å². The fourth-order valence-corrected chi connectivity index (χ4v) is 1.75. The average Bonchev–Trinajstić information content (AvgIpc) is 2.60. The number of aromatic nitrogens is 2. The van der Waals surface area contributed by atoms with Crippen LogP contribution in [0.1, 0.15) is 24.1 Å². The van der Waals surface area contributed by atoms with E-state index in [9.17, 15) is 13.6 Å². The van der Waals surface area contributed by atoms with Crippen LogP contribution in [-0.2, 0) is 0 Å². The predicted octanol–water partition coefficient (Wildman–Crippen LogP) is 1.95. The number of nitrogens with two attached hydrogens (primary N) is 1.